The third-order valence-electron chi connectivity index (χ3n) is 2.60. The van der Waals surface area contributed by atoms with Crippen LogP contribution in [0.25, 0.3) is 10.8 Å². The molecular weight excluding hydrogens is 198 g/mol. The van der Waals surface area contributed by atoms with E-state index < -0.39 is 0 Å². The van der Waals surface area contributed by atoms with Gasteiger partial charge in [-0.25, -0.2) is 0 Å². The van der Waals surface area contributed by atoms with Crippen LogP contribution in [0.3, 0.4) is 0 Å². The van der Waals surface area contributed by atoms with Gasteiger partial charge in [0.2, 0.25) is 5.91 Å². The number of amides is 1. The van der Waals surface area contributed by atoms with Crippen molar-refractivity contribution in [2.75, 3.05) is 6.54 Å². The average Bonchev–Trinajstić information content (AvgIpc) is 2.28. The van der Waals surface area contributed by atoms with E-state index >= 15 is 0 Å². The van der Waals surface area contributed by atoms with Crippen molar-refractivity contribution in [3.63, 3.8) is 0 Å². The maximum Gasteiger partial charge on any atom is 0.216 e. The molecule has 2 aromatic rings. The molecule has 0 saturated carbocycles. The van der Waals surface area contributed by atoms with Gasteiger partial charge in [0, 0.05) is 13.5 Å². The van der Waals surface area contributed by atoms with Gasteiger partial charge in [-0.05, 0) is 22.8 Å². The Labute approximate surface area is 95.3 Å². The molecule has 0 bridgehead atoms. The minimum atomic E-state index is 0.0285. The van der Waals surface area contributed by atoms with E-state index in [4.69, 9.17) is 0 Å². The molecule has 0 spiro atoms. The van der Waals surface area contributed by atoms with Gasteiger partial charge in [0.05, 0.1) is 0 Å². The van der Waals surface area contributed by atoms with E-state index in [1.165, 1.54) is 16.3 Å². The third kappa shape index (κ3) is 2.60. The van der Waals surface area contributed by atoms with Crippen LogP contribution in [0.1, 0.15) is 12.5 Å². The highest BCUT2D eigenvalue weighted by atomic mass is 16.1. The summed E-state index contributed by atoms with van der Waals surface area (Å²) in [5.74, 6) is 0.0285. The Morgan fingerprint density at radius 1 is 1.12 bits per heavy atom. The van der Waals surface area contributed by atoms with Crippen LogP contribution in [-0.4, -0.2) is 12.5 Å². The maximum atomic E-state index is 10.7. The van der Waals surface area contributed by atoms with Crippen LogP contribution < -0.4 is 5.32 Å². The number of fused-ring (bicyclic) bond motifs is 1. The number of hydrogen-bond donors (Lipinski definition) is 1. The lowest BCUT2D eigenvalue weighted by Crippen LogP contribution is -2.22. The highest BCUT2D eigenvalue weighted by molar-refractivity contribution is 5.83. The van der Waals surface area contributed by atoms with Gasteiger partial charge >= 0.3 is 0 Å². The van der Waals surface area contributed by atoms with Gasteiger partial charge in [0.1, 0.15) is 0 Å². The Bertz CT molecular complexity index is 505. The summed E-state index contributed by atoms with van der Waals surface area (Å²) in [6.07, 6.45) is 0.879. The number of rotatable bonds is 3. The van der Waals surface area contributed by atoms with Crippen molar-refractivity contribution in [3.8, 4) is 0 Å². The molecular formula is C14H15NO. The Kier molecular flexibility index (Phi) is 3.20. The summed E-state index contributed by atoms with van der Waals surface area (Å²) in [5.41, 5.74) is 1.26. The molecule has 82 valence electrons. The van der Waals surface area contributed by atoms with Gasteiger partial charge in [-0.2, -0.15) is 0 Å². The molecule has 0 aromatic heterocycles. The lowest BCUT2D eigenvalue weighted by Gasteiger charge is -2.04. The molecule has 1 amide bonds. The molecule has 2 rings (SSSR count). The molecule has 0 aliphatic heterocycles. The number of nitrogens with one attached hydrogen (secondary N) is 1. The first-order valence-electron chi connectivity index (χ1n) is 5.48. The topological polar surface area (TPSA) is 29.1 Å². The Morgan fingerprint density at radius 2 is 1.88 bits per heavy atom. The first kappa shape index (κ1) is 10.7. The van der Waals surface area contributed by atoms with Crippen LogP contribution in [0.2, 0.25) is 0 Å². The van der Waals surface area contributed by atoms with Crippen LogP contribution in [0.4, 0.5) is 0 Å². The second-order valence-electron chi connectivity index (χ2n) is 3.91. The summed E-state index contributed by atoms with van der Waals surface area (Å²) in [6, 6.07) is 14.7. The summed E-state index contributed by atoms with van der Waals surface area (Å²) >= 11 is 0. The van der Waals surface area contributed by atoms with Gasteiger partial charge in [0.15, 0.2) is 0 Å². The van der Waals surface area contributed by atoms with Gasteiger partial charge in [-0.3, -0.25) is 4.79 Å². The van der Waals surface area contributed by atoms with Crippen molar-refractivity contribution >= 4 is 16.7 Å². The van der Waals surface area contributed by atoms with Crippen molar-refractivity contribution in [1.29, 1.82) is 0 Å². The second-order valence-corrected chi connectivity index (χ2v) is 3.91. The molecule has 0 radical (unpaired) electrons. The van der Waals surface area contributed by atoms with Crippen molar-refractivity contribution in [3.05, 3.63) is 48.0 Å². The fraction of sp³-hybridized carbons (Fsp3) is 0.214. The third-order valence-corrected chi connectivity index (χ3v) is 2.60. The first-order valence-corrected chi connectivity index (χ1v) is 5.48. The second kappa shape index (κ2) is 4.79. The zero-order valence-corrected chi connectivity index (χ0v) is 9.36. The van der Waals surface area contributed by atoms with Crippen LogP contribution in [-0.2, 0) is 11.2 Å². The molecule has 0 saturated heterocycles. The summed E-state index contributed by atoms with van der Waals surface area (Å²) < 4.78 is 0. The number of benzene rings is 2. The van der Waals surface area contributed by atoms with Gasteiger partial charge in [-0.15, -0.1) is 0 Å². The Hall–Kier alpha value is -1.83. The lowest BCUT2D eigenvalue weighted by atomic mass is 10.1. The smallest absolute Gasteiger partial charge is 0.216 e. The lowest BCUT2D eigenvalue weighted by molar-refractivity contribution is -0.118. The Morgan fingerprint density at radius 3 is 2.62 bits per heavy atom. The van der Waals surface area contributed by atoms with E-state index in [0.717, 1.165) is 6.42 Å². The van der Waals surface area contributed by atoms with Crippen molar-refractivity contribution in [1.82, 2.24) is 5.32 Å². The number of carbonyl (C=O) groups is 1. The molecule has 0 fully saturated rings. The minimum Gasteiger partial charge on any atom is -0.356 e. The summed E-state index contributed by atoms with van der Waals surface area (Å²) in [7, 11) is 0. The molecule has 2 nitrogen and oxygen atoms in total. The summed E-state index contributed by atoms with van der Waals surface area (Å²) in [4.78, 5) is 10.7. The molecule has 0 unspecified atom stereocenters. The zero-order valence-electron chi connectivity index (χ0n) is 9.36. The van der Waals surface area contributed by atoms with Gasteiger partial charge < -0.3 is 5.32 Å². The predicted molar refractivity (Wildman–Crippen MR) is 66.3 cm³/mol. The molecule has 16 heavy (non-hydrogen) atoms. The summed E-state index contributed by atoms with van der Waals surface area (Å²) in [6.45, 7) is 2.24. The molecule has 0 aliphatic carbocycles. The molecule has 0 atom stereocenters. The van der Waals surface area contributed by atoms with Gasteiger partial charge in [-0.1, -0.05) is 42.5 Å². The highest BCUT2D eigenvalue weighted by Gasteiger charge is 1.97. The standard InChI is InChI=1S/C14H15NO/c1-11(16)15-9-8-12-6-7-13-4-2-3-5-14(13)10-12/h2-7,10H,8-9H2,1H3,(H,15,16). The van der Waals surface area contributed by atoms with E-state index in [1.54, 1.807) is 6.92 Å². The van der Waals surface area contributed by atoms with E-state index in [-0.39, 0.29) is 5.91 Å². The number of hydrogen-bond acceptors (Lipinski definition) is 1. The average molecular weight is 213 g/mol. The van der Waals surface area contributed by atoms with E-state index in [9.17, 15) is 4.79 Å². The fourth-order valence-corrected chi connectivity index (χ4v) is 1.78. The van der Waals surface area contributed by atoms with Crippen molar-refractivity contribution in [2.24, 2.45) is 0 Å². The highest BCUT2D eigenvalue weighted by Crippen LogP contribution is 2.15. The zero-order chi connectivity index (χ0) is 11.4. The molecule has 2 aromatic carbocycles. The van der Waals surface area contributed by atoms with Crippen LogP contribution in [0.5, 0.6) is 0 Å². The molecule has 1 N–H and O–H groups in total. The van der Waals surface area contributed by atoms with Crippen LogP contribution >= 0.6 is 0 Å². The maximum absolute atomic E-state index is 10.7. The number of carbonyl (C=O) groups excluding carboxylic acids is 1. The molecule has 0 heterocycles. The van der Waals surface area contributed by atoms with Gasteiger partial charge in [0.25, 0.3) is 0 Å². The largest absolute Gasteiger partial charge is 0.356 e. The van der Waals surface area contributed by atoms with Crippen LogP contribution in [0.15, 0.2) is 42.5 Å². The molecule has 0 aliphatic rings. The van der Waals surface area contributed by atoms with Crippen LogP contribution in [0, 0.1) is 0 Å². The van der Waals surface area contributed by atoms with Crippen molar-refractivity contribution < 1.29 is 4.79 Å². The Balaban J connectivity index is 2.10. The summed E-state index contributed by atoms with van der Waals surface area (Å²) in [5, 5.41) is 5.31. The van der Waals surface area contributed by atoms with Crippen molar-refractivity contribution in [2.45, 2.75) is 13.3 Å². The minimum absolute atomic E-state index is 0.0285. The first-order chi connectivity index (χ1) is 7.75. The van der Waals surface area contributed by atoms with E-state index in [1.807, 2.05) is 12.1 Å². The quantitative estimate of drug-likeness (QED) is 0.834. The predicted octanol–water partition coefficient (Wildman–Crippen LogP) is 2.52. The van der Waals surface area contributed by atoms with E-state index in [2.05, 4.69) is 35.6 Å². The van der Waals surface area contributed by atoms with E-state index in [0.29, 0.717) is 6.54 Å². The monoisotopic (exact) mass is 213 g/mol. The molecule has 2 heteroatoms. The normalized spacial score (nSPS) is 10.3. The SMILES string of the molecule is CC(=O)NCCc1ccc2ccccc2c1. The fourth-order valence-electron chi connectivity index (χ4n) is 1.78.